The Balaban J connectivity index is 2.00. The molecule has 0 aliphatic carbocycles. The van der Waals surface area contributed by atoms with E-state index in [4.69, 9.17) is 4.74 Å². The molecule has 0 amide bonds. The third-order valence-electron chi connectivity index (χ3n) is 3.71. The molecule has 1 fully saturated rings. The Morgan fingerprint density at radius 1 is 1.47 bits per heavy atom. The molecule has 1 N–H and O–H groups in total. The van der Waals surface area contributed by atoms with Crippen molar-refractivity contribution in [2.24, 2.45) is 5.92 Å². The van der Waals surface area contributed by atoms with Crippen molar-refractivity contribution in [1.82, 2.24) is 5.32 Å². The highest BCUT2D eigenvalue weighted by Crippen LogP contribution is 2.24. The second-order valence-corrected chi connectivity index (χ2v) is 5.23. The van der Waals surface area contributed by atoms with Crippen LogP contribution in [0, 0.1) is 12.8 Å². The van der Waals surface area contributed by atoms with Crippen molar-refractivity contribution < 1.29 is 4.74 Å². The third kappa shape index (κ3) is 3.30. The first-order chi connectivity index (χ1) is 8.19. The van der Waals surface area contributed by atoms with Crippen molar-refractivity contribution in [3.63, 3.8) is 0 Å². The van der Waals surface area contributed by atoms with Crippen molar-refractivity contribution in [2.45, 2.75) is 38.8 Å². The van der Waals surface area contributed by atoms with Gasteiger partial charge in [0.05, 0.1) is 12.7 Å². The van der Waals surface area contributed by atoms with Crippen LogP contribution >= 0.6 is 0 Å². The maximum atomic E-state index is 5.67. The summed E-state index contributed by atoms with van der Waals surface area (Å²) in [5.74, 6) is 0.649. The van der Waals surface area contributed by atoms with Crippen LogP contribution in [0.5, 0.6) is 0 Å². The molecule has 0 spiro atoms. The van der Waals surface area contributed by atoms with Gasteiger partial charge in [0.15, 0.2) is 0 Å². The Kier molecular flexibility index (Phi) is 4.19. The van der Waals surface area contributed by atoms with Crippen LogP contribution in [-0.2, 0) is 11.2 Å². The zero-order valence-electron chi connectivity index (χ0n) is 11.1. The molecule has 1 aromatic rings. The smallest absolute Gasteiger partial charge is 0.0551 e. The molecule has 0 bridgehead atoms. The van der Waals surface area contributed by atoms with E-state index in [1.807, 2.05) is 0 Å². The fourth-order valence-electron chi connectivity index (χ4n) is 2.73. The van der Waals surface area contributed by atoms with Crippen LogP contribution in [-0.4, -0.2) is 25.8 Å². The van der Waals surface area contributed by atoms with E-state index in [1.165, 1.54) is 17.5 Å². The molecule has 17 heavy (non-hydrogen) atoms. The van der Waals surface area contributed by atoms with Gasteiger partial charge in [-0.2, -0.15) is 0 Å². The molecule has 2 heteroatoms. The fraction of sp³-hybridized carbons (Fsp3) is 0.600. The molecule has 94 valence electrons. The molecule has 0 saturated carbocycles. The van der Waals surface area contributed by atoms with E-state index in [-0.39, 0.29) is 0 Å². The number of benzene rings is 1. The second-order valence-electron chi connectivity index (χ2n) is 5.23. The molecule has 2 rings (SSSR count). The lowest BCUT2D eigenvalue weighted by atomic mass is 9.91. The quantitative estimate of drug-likeness (QED) is 0.863. The Morgan fingerprint density at radius 3 is 2.88 bits per heavy atom. The molecule has 3 unspecified atom stereocenters. The SMILES string of the molecule is CNC(Cc1cccc(C)c1)C1COC(C)C1. The summed E-state index contributed by atoms with van der Waals surface area (Å²) in [6.07, 6.45) is 2.70. The predicted molar refractivity (Wildman–Crippen MR) is 71.3 cm³/mol. The number of likely N-dealkylation sites (N-methyl/N-ethyl adjacent to an activating group) is 1. The van der Waals surface area contributed by atoms with Gasteiger partial charge in [-0.15, -0.1) is 0 Å². The number of hydrogen-bond acceptors (Lipinski definition) is 2. The van der Waals surface area contributed by atoms with Gasteiger partial charge < -0.3 is 10.1 Å². The van der Waals surface area contributed by atoms with Crippen LogP contribution in [0.2, 0.25) is 0 Å². The molecular formula is C15H23NO. The van der Waals surface area contributed by atoms with E-state index in [2.05, 4.69) is 50.5 Å². The summed E-state index contributed by atoms with van der Waals surface area (Å²) in [4.78, 5) is 0. The lowest BCUT2D eigenvalue weighted by Crippen LogP contribution is -2.36. The van der Waals surface area contributed by atoms with Gasteiger partial charge in [0.2, 0.25) is 0 Å². The number of hydrogen-bond donors (Lipinski definition) is 1. The third-order valence-corrected chi connectivity index (χ3v) is 3.71. The first kappa shape index (κ1) is 12.6. The zero-order chi connectivity index (χ0) is 12.3. The number of rotatable bonds is 4. The van der Waals surface area contributed by atoms with E-state index in [0.717, 1.165) is 13.0 Å². The largest absolute Gasteiger partial charge is 0.378 e. The lowest BCUT2D eigenvalue weighted by Gasteiger charge is -2.22. The van der Waals surface area contributed by atoms with Gasteiger partial charge in [-0.05, 0) is 39.3 Å². The molecule has 0 radical (unpaired) electrons. The topological polar surface area (TPSA) is 21.3 Å². The summed E-state index contributed by atoms with van der Waals surface area (Å²) in [6, 6.07) is 9.32. The summed E-state index contributed by atoms with van der Waals surface area (Å²) < 4.78 is 5.67. The number of aryl methyl sites for hydroxylation is 1. The summed E-state index contributed by atoms with van der Waals surface area (Å²) in [5.41, 5.74) is 2.76. The van der Waals surface area contributed by atoms with Gasteiger partial charge in [0.1, 0.15) is 0 Å². The van der Waals surface area contributed by atoms with Gasteiger partial charge in [0.25, 0.3) is 0 Å². The van der Waals surface area contributed by atoms with E-state index in [1.54, 1.807) is 0 Å². The molecule has 3 atom stereocenters. The number of ether oxygens (including phenoxy) is 1. The minimum Gasteiger partial charge on any atom is -0.378 e. The highest BCUT2D eigenvalue weighted by Gasteiger charge is 2.28. The van der Waals surface area contributed by atoms with E-state index in [9.17, 15) is 0 Å². The minimum atomic E-state index is 0.424. The van der Waals surface area contributed by atoms with Crippen LogP contribution in [0.1, 0.15) is 24.5 Å². The summed E-state index contributed by atoms with van der Waals surface area (Å²) in [5, 5.41) is 3.45. The van der Waals surface area contributed by atoms with Crippen molar-refractivity contribution in [1.29, 1.82) is 0 Å². The Bertz CT molecular complexity index is 364. The maximum Gasteiger partial charge on any atom is 0.0551 e. The molecular weight excluding hydrogens is 210 g/mol. The molecule has 0 aromatic heterocycles. The zero-order valence-corrected chi connectivity index (χ0v) is 11.1. The summed E-state index contributed by atoms with van der Waals surface area (Å²) in [6.45, 7) is 5.22. The Hall–Kier alpha value is -0.860. The highest BCUT2D eigenvalue weighted by molar-refractivity contribution is 5.23. The average Bonchev–Trinajstić information content (AvgIpc) is 2.73. The molecule has 1 aliphatic heterocycles. The van der Waals surface area contributed by atoms with E-state index >= 15 is 0 Å². The molecule has 1 saturated heterocycles. The summed E-state index contributed by atoms with van der Waals surface area (Å²) >= 11 is 0. The van der Waals surface area contributed by atoms with Crippen molar-refractivity contribution in [2.75, 3.05) is 13.7 Å². The minimum absolute atomic E-state index is 0.424. The van der Waals surface area contributed by atoms with Crippen LogP contribution in [0.15, 0.2) is 24.3 Å². The van der Waals surface area contributed by atoms with Gasteiger partial charge in [-0.25, -0.2) is 0 Å². The maximum absolute atomic E-state index is 5.67. The first-order valence-electron chi connectivity index (χ1n) is 6.53. The monoisotopic (exact) mass is 233 g/mol. The number of nitrogens with one attached hydrogen (secondary N) is 1. The van der Waals surface area contributed by atoms with Crippen LogP contribution in [0.4, 0.5) is 0 Å². The summed E-state index contributed by atoms with van der Waals surface area (Å²) in [7, 11) is 2.06. The average molecular weight is 233 g/mol. The van der Waals surface area contributed by atoms with Gasteiger partial charge in [-0.3, -0.25) is 0 Å². The van der Waals surface area contributed by atoms with Crippen LogP contribution in [0.3, 0.4) is 0 Å². The van der Waals surface area contributed by atoms with E-state index in [0.29, 0.717) is 18.1 Å². The van der Waals surface area contributed by atoms with Crippen LogP contribution < -0.4 is 5.32 Å². The molecule has 1 heterocycles. The van der Waals surface area contributed by atoms with Crippen molar-refractivity contribution >= 4 is 0 Å². The Morgan fingerprint density at radius 2 is 2.29 bits per heavy atom. The lowest BCUT2D eigenvalue weighted by molar-refractivity contribution is 0.117. The normalized spacial score (nSPS) is 26.1. The molecule has 2 nitrogen and oxygen atoms in total. The van der Waals surface area contributed by atoms with Crippen molar-refractivity contribution in [3.05, 3.63) is 35.4 Å². The molecule has 1 aliphatic rings. The van der Waals surface area contributed by atoms with Crippen LogP contribution in [0.25, 0.3) is 0 Å². The van der Waals surface area contributed by atoms with Crippen molar-refractivity contribution in [3.8, 4) is 0 Å². The molecule has 1 aromatic carbocycles. The van der Waals surface area contributed by atoms with Gasteiger partial charge >= 0.3 is 0 Å². The highest BCUT2D eigenvalue weighted by atomic mass is 16.5. The second kappa shape index (κ2) is 5.65. The fourth-order valence-corrected chi connectivity index (χ4v) is 2.73. The van der Waals surface area contributed by atoms with Gasteiger partial charge in [-0.1, -0.05) is 29.8 Å². The van der Waals surface area contributed by atoms with Gasteiger partial charge in [0, 0.05) is 12.0 Å². The first-order valence-corrected chi connectivity index (χ1v) is 6.53. The van der Waals surface area contributed by atoms with E-state index < -0.39 is 0 Å². The predicted octanol–water partition coefficient (Wildman–Crippen LogP) is 2.55. The Labute approximate surface area is 104 Å². The standard InChI is InChI=1S/C15H23NO/c1-11-5-4-6-13(7-11)9-15(16-3)14-8-12(2)17-10-14/h4-7,12,14-16H,8-10H2,1-3H3.